The fourth-order valence-corrected chi connectivity index (χ4v) is 4.02. The number of nitrogens with zero attached hydrogens (tertiary/aromatic N) is 2. The highest BCUT2D eigenvalue weighted by Crippen LogP contribution is 2.24. The number of benzene rings is 2. The molecule has 3 aromatic rings. The minimum Gasteiger partial charge on any atom is -0.491 e. The van der Waals surface area contributed by atoms with Gasteiger partial charge in [0.1, 0.15) is 18.1 Å². The van der Waals surface area contributed by atoms with Gasteiger partial charge in [-0.05, 0) is 54.8 Å². The smallest absolute Gasteiger partial charge is 0.409 e. The number of hydrogen-bond acceptors (Lipinski definition) is 7. The van der Waals surface area contributed by atoms with Crippen LogP contribution in [0.2, 0.25) is 0 Å². The first-order valence-corrected chi connectivity index (χ1v) is 11.8. The first-order valence-electron chi connectivity index (χ1n) is 11.8. The number of amides is 2. The van der Waals surface area contributed by atoms with Crippen LogP contribution in [-0.4, -0.2) is 59.3 Å². The van der Waals surface area contributed by atoms with Crippen LogP contribution in [0.5, 0.6) is 17.4 Å². The molecule has 4 rings (SSSR count). The number of carbonyl (C=O) groups excluding carboxylic acids is 2. The summed E-state index contributed by atoms with van der Waals surface area (Å²) >= 11 is 0. The van der Waals surface area contributed by atoms with Gasteiger partial charge < -0.3 is 29.5 Å². The zero-order valence-electron chi connectivity index (χ0n) is 20.3. The molecule has 1 fully saturated rings. The molecule has 10 heteroatoms. The highest BCUT2D eigenvalue weighted by Gasteiger charge is 2.29. The number of pyridine rings is 1. The van der Waals surface area contributed by atoms with Crippen molar-refractivity contribution in [3.05, 3.63) is 78.0 Å². The molecule has 0 radical (unpaired) electrons. The van der Waals surface area contributed by atoms with E-state index in [0.29, 0.717) is 36.1 Å². The van der Waals surface area contributed by atoms with Crippen LogP contribution in [0.1, 0.15) is 28.8 Å². The van der Waals surface area contributed by atoms with Crippen molar-refractivity contribution in [2.75, 3.05) is 25.6 Å². The predicted octanol–water partition coefficient (Wildman–Crippen LogP) is 4.36. The molecule has 1 unspecified atom stereocenters. The van der Waals surface area contributed by atoms with Crippen LogP contribution in [0.4, 0.5) is 10.5 Å². The van der Waals surface area contributed by atoms with Gasteiger partial charge in [0.05, 0.1) is 30.8 Å². The van der Waals surface area contributed by atoms with Gasteiger partial charge in [0, 0.05) is 18.8 Å². The van der Waals surface area contributed by atoms with Crippen molar-refractivity contribution in [3.8, 4) is 17.4 Å². The number of anilines is 1. The number of hydrogen-bond donors (Lipinski definition) is 2. The lowest BCUT2D eigenvalue weighted by Crippen LogP contribution is -2.38. The Morgan fingerprint density at radius 3 is 2.51 bits per heavy atom. The van der Waals surface area contributed by atoms with E-state index in [1.807, 2.05) is 0 Å². The van der Waals surface area contributed by atoms with Crippen LogP contribution in [-0.2, 0) is 16.0 Å². The number of carbonyl (C=O) groups is 3. The molecule has 192 valence electrons. The van der Waals surface area contributed by atoms with Crippen molar-refractivity contribution >= 4 is 23.7 Å². The van der Waals surface area contributed by atoms with Crippen molar-refractivity contribution in [3.63, 3.8) is 0 Å². The highest BCUT2D eigenvalue weighted by molar-refractivity contribution is 6.00. The standard InChI is InChI=1S/C27H27N3O7/c1-35-27(34)30-14-4-5-19(30)17-36-20-9-11-21(12-10-20)37-25-13-8-18(16-28-25)15-24(31)29-23-7-3-2-6-22(23)26(32)33/h2-3,6-13,16,19H,4-5,14-15,17H2,1H3,(H,29,31)(H,32,33). The quantitative estimate of drug-likeness (QED) is 0.439. The summed E-state index contributed by atoms with van der Waals surface area (Å²) in [5.41, 5.74) is 0.912. The molecule has 1 atom stereocenters. The summed E-state index contributed by atoms with van der Waals surface area (Å²) in [5.74, 6) is 0.106. The molecule has 0 saturated carbocycles. The maximum atomic E-state index is 12.4. The van der Waals surface area contributed by atoms with Gasteiger partial charge in [-0.3, -0.25) is 4.79 Å². The maximum Gasteiger partial charge on any atom is 0.409 e. The zero-order chi connectivity index (χ0) is 26.2. The third-order valence-corrected chi connectivity index (χ3v) is 5.87. The van der Waals surface area contributed by atoms with Gasteiger partial charge in [0.15, 0.2) is 0 Å². The van der Waals surface area contributed by atoms with Gasteiger partial charge in [0.25, 0.3) is 0 Å². The van der Waals surface area contributed by atoms with E-state index in [1.54, 1.807) is 59.5 Å². The van der Waals surface area contributed by atoms with Crippen molar-refractivity contribution in [2.45, 2.75) is 25.3 Å². The first kappa shape index (κ1) is 25.5. The monoisotopic (exact) mass is 505 g/mol. The Kier molecular flexibility index (Phi) is 8.19. The van der Waals surface area contributed by atoms with Crippen LogP contribution in [0.15, 0.2) is 66.9 Å². The number of rotatable bonds is 9. The molecular formula is C27H27N3O7. The Morgan fingerprint density at radius 1 is 1.05 bits per heavy atom. The van der Waals surface area contributed by atoms with Crippen LogP contribution >= 0.6 is 0 Å². The number of carboxylic acids is 1. The molecule has 1 aromatic heterocycles. The van der Waals surface area contributed by atoms with Gasteiger partial charge >= 0.3 is 12.1 Å². The lowest BCUT2D eigenvalue weighted by atomic mass is 10.1. The summed E-state index contributed by atoms with van der Waals surface area (Å²) in [7, 11) is 1.38. The molecule has 10 nitrogen and oxygen atoms in total. The number of carboxylic acid groups (broad SMARTS) is 1. The van der Waals surface area contributed by atoms with E-state index in [1.165, 1.54) is 19.4 Å². The SMILES string of the molecule is COC(=O)N1CCCC1COc1ccc(Oc2ccc(CC(=O)Nc3ccccc3C(=O)O)cn2)cc1. The molecule has 1 aliphatic heterocycles. The van der Waals surface area contributed by atoms with Crippen molar-refractivity contribution in [1.82, 2.24) is 9.88 Å². The summed E-state index contributed by atoms with van der Waals surface area (Å²) in [6, 6.07) is 16.6. The fraction of sp³-hybridized carbons (Fsp3) is 0.259. The molecule has 2 N–H and O–H groups in total. The number of para-hydroxylation sites is 1. The Bertz CT molecular complexity index is 1250. The minimum absolute atomic E-state index is 0.0138. The molecule has 2 heterocycles. The number of likely N-dealkylation sites (tertiary alicyclic amines) is 1. The van der Waals surface area contributed by atoms with E-state index in [4.69, 9.17) is 14.2 Å². The van der Waals surface area contributed by atoms with Gasteiger partial charge in [-0.2, -0.15) is 0 Å². The molecule has 2 aromatic carbocycles. The summed E-state index contributed by atoms with van der Waals surface area (Å²) in [6.45, 7) is 1.05. The summed E-state index contributed by atoms with van der Waals surface area (Å²) in [6.07, 6.45) is 3.02. The summed E-state index contributed by atoms with van der Waals surface area (Å²) < 4.78 is 16.4. The molecule has 1 aliphatic rings. The number of ether oxygens (including phenoxy) is 3. The summed E-state index contributed by atoms with van der Waals surface area (Å²) in [5, 5.41) is 11.9. The molecule has 0 spiro atoms. The predicted molar refractivity (Wildman–Crippen MR) is 134 cm³/mol. The minimum atomic E-state index is -1.11. The van der Waals surface area contributed by atoms with E-state index in [2.05, 4.69) is 10.3 Å². The van der Waals surface area contributed by atoms with Gasteiger partial charge in [-0.1, -0.05) is 18.2 Å². The second kappa shape index (κ2) is 11.9. The van der Waals surface area contributed by atoms with Crippen molar-refractivity contribution in [1.29, 1.82) is 0 Å². The Morgan fingerprint density at radius 2 is 1.81 bits per heavy atom. The molecule has 1 saturated heterocycles. The van der Waals surface area contributed by atoms with Gasteiger partial charge in [0.2, 0.25) is 11.8 Å². The largest absolute Gasteiger partial charge is 0.491 e. The second-order valence-electron chi connectivity index (χ2n) is 8.42. The summed E-state index contributed by atoms with van der Waals surface area (Å²) in [4.78, 5) is 41.4. The molecular weight excluding hydrogens is 478 g/mol. The zero-order valence-corrected chi connectivity index (χ0v) is 20.3. The van der Waals surface area contributed by atoms with Crippen LogP contribution < -0.4 is 14.8 Å². The first-order chi connectivity index (χ1) is 17.9. The van der Waals surface area contributed by atoms with E-state index in [0.717, 1.165) is 12.8 Å². The van der Waals surface area contributed by atoms with Gasteiger partial charge in [-0.25, -0.2) is 14.6 Å². The lowest BCUT2D eigenvalue weighted by Gasteiger charge is -2.23. The van der Waals surface area contributed by atoms with Crippen LogP contribution in [0, 0.1) is 0 Å². The van der Waals surface area contributed by atoms with E-state index >= 15 is 0 Å². The molecule has 0 aliphatic carbocycles. The van der Waals surface area contributed by atoms with Crippen LogP contribution in [0.3, 0.4) is 0 Å². The van der Waals surface area contributed by atoms with E-state index in [-0.39, 0.29) is 35.7 Å². The number of aromatic nitrogens is 1. The Labute approximate surface area is 213 Å². The average molecular weight is 506 g/mol. The highest BCUT2D eigenvalue weighted by atomic mass is 16.5. The maximum absolute atomic E-state index is 12.4. The lowest BCUT2D eigenvalue weighted by molar-refractivity contribution is -0.115. The third-order valence-electron chi connectivity index (χ3n) is 5.87. The fourth-order valence-electron chi connectivity index (χ4n) is 4.02. The van der Waals surface area contributed by atoms with E-state index in [9.17, 15) is 19.5 Å². The Hall–Kier alpha value is -4.60. The van der Waals surface area contributed by atoms with Gasteiger partial charge in [-0.15, -0.1) is 0 Å². The average Bonchev–Trinajstić information content (AvgIpc) is 3.38. The Balaban J connectivity index is 1.27. The number of aromatic carboxylic acids is 1. The second-order valence-corrected chi connectivity index (χ2v) is 8.42. The van der Waals surface area contributed by atoms with Crippen molar-refractivity contribution < 1.29 is 33.7 Å². The van der Waals surface area contributed by atoms with Crippen LogP contribution in [0.25, 0.3) is 0 Å². The number of nitrogens with one attached hydrogen (secondary N) is 1. The number of methoxy groups -OCH3 is 1. The molecule has 2 amide bonds. The topological polar surface area (TPSA) is 127 Å². The third kappa shape index (κ3) is 6.75. The molecule has 37 heavy (non-hydrogen) atoms. The van der Waals surface area contributed by atoms with Crippen molar-refractivity contribution in [2.24, 2.45) is 0 Å². The normalized spacial score (nSPS) is 14.6. The van der Waals surface area contributed by atoms with E-state index < -0.39 is 5.97 Å². The molecule has 0 bridgehead atoms.